The Hall–Kier alpha value is -1.42. The minimum Gasteiger partial charge on any atom is -0.489 e. The first-order chi connectivity index (χ1) is 8.99. The van der Waals surface area contributed by atoms with Crippen LogP contribution in [0.4, 0.5) is 11.4 Å². The van der Waals surface area contributed by atoms with Crippen molar-refractivity contribution in [2.75, 3.05) is 37.3 Å². The van der Waals surface area contributed by atoms with E-state index in [0.29, 0.717) is 6.04 Å². The Kier molecular flexibility index (Phi) is 4.20. The summed E-state index contributed by atoms with van der Waals surface area (Å²) in [6, 6.07) is 6.59. The van der Waals surface area contributed by atoms with Crippen molar-refractivity contribution >= 4 is 11.4 Å². The van der Waals surface area contributed by atoms with Crippen LogP contribution in [-0.2, 0) is 0 Å². The van der Waals surface area contributed by atoms with Gasteiger partial charge in [-0.05, 0) is 40.0 Å². The van der Waals surface area contributed by atoms with Gasteiger partial charge in [-0.15, -0.1) is 0 Å². The Morgan fingerprint density at radius 1 is 1.32 bits per heavy atom. The second kappa shape index (κ2) is 5.70. The third-order valence-electron chi connectivity index (χ3n) is 3.71. The van der Waals surface area contributed by atoms with E-state index in [-0.39, 0.29) is 6.10 Å². The second-order valence-corrected chi connectivity index (χ2v) is 5.63. The molecule has 1 fully saturated rings. The smallest absolute Gasteiger partial charge is 0.144 e. The molecule has 2 N–H and O–H groups in total. The first-order valence-electron chi connectivity index (χ1n) is 6.99. The number of likely N-dealkylation sites (N-methyl/N-ethyl adjacent to an activating group) is 1. The zero-order valence-corrected chi connectivity index (χ0v) is 12.4. The Morgan fingerprint density at radius 2 is 2.05 bits per heavy atom. The van der Waals surface area contributed by atoms with Crippen molar-refractivity contribution in [3.05, 3.63) is 18.2 Å². The Labute approximate surface area is 116 Å². The van der Waals surface area contributed by atoms with Crippen LogP contribution in [0.25, 0.3) is 0 Å². The van der Waals surface area contributed by atoms with Crippen LogP contribution in [0.1, 0.15) is 20.8 Å². The van der Waals surface area contributed by atoms with Gasteiger partial charge in [0.15, 0.2) is 0 Å². The molecule has 106 valence electrons. The number of hydrogen-bond acceptors (Lipinski definition) is 4. The number of piperazine rings is 1. The van der Waals surface area contributed by atoms with Crippen molar-refractivity contribution in [2.24, 2.45) is 0 Å². The van der Waals surface area contributed by atoms with E-state index in [1.165, 1.54) is 0 Å². The standard InChI is InChI=1S/C15H25N3O/c1-11(2)19-14-7-5-6-13(15(14)16)18-9-8-17(4)12(3)10-18/h5-7,11-12H,8-10,16H2,1-4H3. The van der Waals surface area contributed by atoms with Gasteiger partial charge in [0.2, 0.25) is 0 Å². The van der Waals surface area contributed by atoms with E-state index in [1.54, 1.807) is 0 Å². The molecule has 2 rings (SSSR count). The van der Waals surface area contributed by atoms with Gasteiger partial charge >= 0.3 is 0 Å². The van der Waals surface area contributed by atoms with E-state index in [4.69, 9.17) is 10.5 Å². The summed E-state index contributed by atoms with van der Waals surface area (Å²) >= 11 is 0. The zero-order chi connectivity index (χ0) is 14.0. The maximum Gasteiger partial charge on any atom is 0.144 e. The highest BCUT2D eigenvalue weighted by Gasteiger charge is 2.23. The average Bonchev–Trinajstić information content (AvgIpc) is 2.35. The van der Waals surface area contributed by atoms with Crippen molar-refractivity contribution in [2.45, 2.75) is 32.9 Å². The molecule has 0 aromatic heterocycles. The molecule has 0 saturated carbocycles. The lowest BCUT2D eigenvalue weighted by Gasteiger charge is -2.39. The van der Waals surface area contributed by atoms with E-state index in [0.717, 1.165) is 36.8 Å². The number of nitrogen functional groups attached to an aromatic ring is 1. The third-order valence-corrected chi connectivity index (χ3v) is 3.71. The predicted molar refractivity (Wildman–Crippen MR) is 80.9 cm³/mol. The molecule has 1 saturated heterocycles. The van der Waals surface area contributed by atoms with Crippen molar-refractivity contribution in [3.8, 4) is 5.75 Å². The summed E-state index contributed by atoms with van der Waals surface area (Å²) in [5, 5.41) is 0. The number of anilines is 2. The fraction of sp³-hybridized carbons (Fsp3) is 0.600. The van der Waals surface area contributed by atoms with Gasteiger partial charge in [-0.25, -0.2) is 0 Å². The van der Waals surface area contributed by atoms with Gasteiger partial charge in [-0.1, -0.05) is 6.07 Å². The number of rotatable bonds is 3. The number of nitrogens with two attached hydrogens (primary N) is 1. The summed E-state index contributed by atoms with van der Waals surface area (Å²) in [5.74, 6) is 0.791. The second-order valence-electron chi connectivity index (χ2n) is 5.63. The highest BCUT2D eigenvalue weighted by Crippen LogP contribution is 2.33. The lowest BCUT2D eigenvalue weighted by molar-refractivity contribution is 0.233. The summed E-state index contributed by atoms with van der Waals surface area (Å²) in [5.41, 5.74) is 8.12. The molecular formula is C15H25N3O. The van der Waals surface area contributed by atoms with E-state index in [9.17, 15) is 0 Å². The lowest BCUT2D eigenvalue weighted by atomic mass is 10.1. The largest absolute Gasteiger partial charge is 0.489 e. The van der Waals surface area contributed by atoms with Crippen LogP contribution in [0, 0.1) is 0 Å². The fourth-order valence-corrected chi connectivity index (χ4v) is 2.43. The molecule has 0 spiro atoms. The molecule has 1 atom stereocenters. The van der Waals surface area contributed by atoms with E-state index < -0.39 is 0 Å². The maximum atomic E-state index is 6.26. The Morgan fingerprint density at radius 3 is 2.68 bits per heavy atom. The van der Waals surface area contributed by atoms with Gasteiger partial charge in [0.1, 0.15) is 5.75 Å². The van der Waals surface area contributed by atoms with Crippen LogP contribution in [-0.4, -0.2) is 43.7 Å². The lowest BCUT2D eigenvalue weighted by Crippen LogP contribution is -2.50. The summed E-state index contributed by atoms with van der Waals surface area (Å²) in [6.07, 6.45) is 0.143. The summed E-state index contributed by atoms with van der Waals surface area (Å²) in [6.45, 7) is 9.36. The summed E-state index contributed by atoms with van der Waals surface area (Å²) in [4.78, 5) is 4.73. The Balaban J connectivity index is 2.20. The highest BCUT2D eigenvalue weighted by atomic mass is 16.5. The van der Waals surface area contributed by atoms with Crippen LogP contribution in [0.2, 0.25) is 0 Å². The molecule has 19 heavy (non-hydrogen) atoms. The minimum atomic E-state index is 0.143. The van der Waals surface area contributed by atoms with Crippen LogP contribution < -0.4 is 15.4 Å². The van der Waals surface area contributed by atoms with Crippen LogP contribution in [0.15, 0.2) is 18.2 Å². The van der Waals surface area contributed by atoms with E-state index in [1.807, 2.05) is 26.0 Å². The first kappa shape index (κ1) is 14.0. The van der Waals surface area contributed by atoms with Gasteiger partial charge in [0, 0.05) is 25.7 Å². The van der Waals surface area contributed by atoms with Crippen molar-refractivity contribution in [1.82, 2.24) is 4.90 Å². The number of hydrogen-bond donors (Lipinski definition) is 1. The molecule has 0 amide bonds. The molecule has 0 bridgehead atoms. The SMILES string of the molecule is CC(C)Oc1cccc(N2CCN(C)C(C)C2)c1N. The van der Waals surface area contributed by atoms with Crippen LogP contribution >= 0.6 is 0 Å². The quantitative estimate of drug-likeness (QED) is 0.849. The normalized spacial score (nSPS) is 20.9. The van der Waals surface area contributed by atoms with Gasteiger partial charge in [0.05, 0.1) is 17.5 Å². The van der Waals surface area contributed by atoms with E-state index >= 15 is 0 Å². The van der Waals surface area contributed by atoms with Crippen molar-refractivity contribution in [3.63, 3.8) is 0 Å². The third kappa shape index (κ3) is 3.13. The first-order valence-corrected chi connectivity index (χ1v) is 6.99. The van der Waals surface area contributed by atoms with Gasteiger partial charge in [-0.2, -0.15) is 0 Å². The van der Waals surface area contributed by atoms with Crippen molar-refractivity contribution in [1.29, 1.82) is 0 Å². The fourth-order valence-electron chi connectivity index (χ4n) is 2.43. The van der Waals surface area contributed by atoms with Crippen LogP contribution in [0.3, 0.4) is 0 Å². The molecule has 4 heteroatoms. The molecule has 1 aromatic rings. The van der Waals surface area contributed by atoms with Crippen LogP contribution in [0.5, 0.6) is 5.75 Å². The molecule has 4 nitrogen and oxygen atoms in total. The molecule has 1 aliphatic heterocycles. The molecule has 1 aliphatic rings. The topological polar surface area (TPSA) is 41.7 Å². The summed E-state index contributed by atoms with van der Waals surface area (Å²) < 4.78 is 5.76. The number of ether oxygens (including phenoxy) is 1. The average molecular weight is 263 g/mol. The molecule has 1 unspecified atom stereocenters. The molecular weight excluding hydrogens is 238 g/mol. The van der Waals surface area contributed by atoms with Gasteiger partial charge in [0.25, 0.3) is 0 Å². The number of nitrogens with zero attached hydrogens (tertiary/aromatic N) is 2. The van der Waals surface area contributed by atoms with E-state index in [2.05, 4.69) is 29.8 Å². The molecule has 0 radical (unpaired) electrons. The van der Waals surface area contributed by atoms with Gasteiger partial charge < -0.3 is 20.3 Å². The number of benzene rings is 1. The summed E-state index contributed by atoms with van der Waals surface area (Å²) in [7, 11) is 2.17. The molecule has 1 heterocycles. The highest BCUT2D eigenvalue weighted by molar-refractivity contribution is 5.74. The molecule has 1 aromatic carbocycles. The predicted octanol–water partition coefficient (Wildman–Crippen LogP) is 2.20. The molecule has 0 aliphatic carbocycles. The van der Waals surface area contributed by atoms with Gasteiger partial charge in [-0.3, -0.25) is 0 Å². The zero-order valence-electron chi connectivity index (χ0n) is 12.4. The van der Waals surface area contributed by atoms with Crippen molar-refractivity contribution < 1.29 is 4.74 Å². The number of para-hydroxylation sites is 1. The monoisotopic (exact) mass is 263 g/mol. The minimum absolute atomic E-state index is 0.143. The Bertz CT molecular complexity index is 433. The maximum absolute atomic E-state index is 6.26.